The SMILES string of the molecule is OCC(CO)C[c-]1cccc1.[Fe+2].c1cc[cH-]c1. The predicted octanol–water partition coefficient (Wildman–Crippen LogP) is 1.95. The molecular weight excluding hydrogens is 256 g/mol. The number of rotatable bonds is 4. The molecule has 0 saturated carbocycles. The molecule has 2 aromatic rings. The third-order valence-electron chi connectivity index (χ3n) is 2.33. The minimum Gasteiger partial charge on any atom is -0.396 e. The van der Waals surface area contributed by atoms with Crippen LogP contribution in [-0.2, 0) is 23.5 Å². The molecule has 2 aromatic carbocycles. The van der Waals surface area contributed by atoms with Crippen LogP contribution in [0.3, 0.4) is 0 Å². The van der Waals surface area contributed by atoms with E-state index in [2.05, 4.69) is 0 Å². The van der Waals surface area contributed by atoms with Crippen molar-refractivity contribution < 1.29 is 27.3 Å². The van der Waals surface area contributed by atoms with Gasteiger partial charge in [0.1, 0.15) is 0 Å². The van der Waals surface area contributed by atoms with Crippen LogP contribution >= 0.6 is 0 Å². The van der Waals surface area contributed by atoms with Crippen LogP contribution in [0.2, 0.25) is 0 Å². The third kappa shape index (κ3) is 7.14. The van der Waals surface area contributed by atoms with Crippen molar-refractivity contribution in [3.8, 4) is 0 Å². The summed E-state index contributed by atoms with van der Waals surface area (Å²) < 4.78 is 0. The second kappa shape index (κ2) is 10.3. The first kappa shape index (κ1) is 16.1. The van der Waals surface area contributed by atoms with Gasteiger partial charge >= 0.3 is 17.1 Å². The van der Waals surface area contributed by atoms with Gasteiger partial charge in [0.2, 0.25) is 0 Å². The standard InChI is InChI=1S/C9H13O2.C5H5.Fe/c10-6-9(7-11)5-8-3-1-2-4-8;1-2-4-5-3-1;/h1-4,9-11H,5-7H2;1-5H;/q2*-1;+2. The zero-order valence-electron chi connectivity index (χ0n) is 9.64. The normalized spacial score (nSPS) is 9.35. The summed E-state index contributed by atoms with van der Waals surface area (Å²) in [5.41, 5.74) is 1.18. The first-order valence-corrected chi connectivity index (χ1v) is 5.45. The van der Waals surface area contributed by atoms with E-state index in [1.165, 1.54) is 5.56 Å². The molecule has 3 heteroatoms. The first-order chi connectivity index (χ1) is 7.86. The smallest absolute Gasteiger partial charge is 0.396 e. The van der Waals surface area contributed by atoms with Gasteiger partial charge < -0.3 is 10.2 Å². The van der Waals surface area contributed by atoms with E-state index < -0.39 is 0 Å². The quantitative estimate of drug-likeness (QED) is 0.661. The van der Waals surface area contributed by atoms with Crippen molar-refractivity contribution in [1.29, 1.82) is 0 Å². The van der Waals surface area contributed by atoms with Gasteiger partial charge in [-0.1, -0.05) is 6.42 Å². The molecule has 0 fully saturated rings. The molecule has 0 radical (unpaired) electrons. The maximum Gasteiger partial charge on any atom is 2.00 e. The fraction of sp³-hybridized carbons (Fsp3) is 0.286. The summed E-state index contributed by atoms with van der Waals surface area (Å²) in [5.74, 6) is -0.00241. The molecule has 0 spiro atoms. The van der Waals surface area contributed by atoms with Gasteiger partial charge in [0.15, 0.2) is 0 Å². The van der Waals surface area contributed by atoms with Crippen LogP contribution in [0.5, 0.6) is 0 Å². The molecule has 0 aliphatic rings. The van der Waals surface area contributed by atoms with Gasteiger partial charge in [-0.25, -0.2) is 24.3 Å². The van der Waals surface area contributed by atoms with Crippen LogP contribution in [0.25, 0.3) is 0 Å². The fourth-order valence-corrected chi connectivity index (χ4v) is 1.39. The summed E-state index contributed by atoms with van der Waals surface area (Å²) in [6, 6.07) is 17.9. The van der Waals surface area contributed by atoms with Gasteiger partial charge in [-0.05, 0) is 5.92 Å². The van der Waals surface area contributed by atoms with Gasteiger partial charge in [0.05, 0.1) is 0 Å². The van der Waals surface area contributed by atoms with Crippen LogP contribution in [0.4, 0.5) is 0 Å². The zero-order chi connectivity index (χ0) is 11.6. The Morgan fingerprint density at radius 1 is 0.941 bits per heavy atom. The van der Waals surface area contributed by atoms with E-state index in [-0.39, 0.29) is 36.2 Å². The molecular formula is C14H18FeO2. The number of aliphatic hydroxyl groups is 2. The molecule has 0 amide bonds. The zero-order valence-corrected chi connectivity index (χ0v) is 10.7. The van der Waals surface area contributed by atoms with Crippen LogP contribution in [0.15, 0.2) is 54.6 Å². The van der Waals surface area contributed by atoms with Crippen LogP contribution in [0.1, 0.15) is 5.56 Å². The molecule has 2 rings (SSSR count). The number of hydrogen-bond acceptors (Lipinski definition) is 2. The Hall–Kier alpha value is -0.861. The van der Waals surface area contributed by atoms with Gasteiger partial charge in [0, 0.05) is 13.2 Å². The van der Waals surface area contributed by atoms with Crippen LogP contribution in [0, 0.1) is 5.92 Å². The minimum atomic E-state index is -0.00241. The summed E-state index contributed by atoms with van der Waals surface area (Å²) in [6.07, 6.45) is 0.764. The van der Waals surface area contributed by atoms with E-state index in [4.69, 9.17) is 10.2 Å². The van der Waals surface area contributed by atoms with E-state index in [1.54, 1.807) is 0 Å². The Labute approximate surface area is 113 Å². The minimum absolute atomic E-state index is 0. The van der Waals surface area contributed by atoms with Crippen molar-refractivity contribution in [2.75, 3.05) is 13.2 Å². The monoisotopic (exact) mass is 274 g/mol. The Morgan fingerprint density at radius 3 is 1.82 bits per heavy atom. The summed E-state index contributed by atoms with van der Waals surface area (Å²) in [4.78, 5) is 0. The molecule has 0 heterocycles. The maximum atomic E-state index is 8.76. The number of hydrogen-bond donors (Lipinski definition) is 2. The Bertz CT molecular complexity index is 306. The topological polar surface area (TPSA) is 40.5 Å². The summed E-state index contributed by atoms with van der Waals surface area (Å²) >= 11 is 0. The third-order valence-corrected chi connectivity index (χ3v) is 2.33. The van der Waals surface area contributed by atoms with Crippen LogP contribution < -0.4 is 0 Å². The van der Waals surface area contributed by atoms with Crippen molar-refractivity contribution in [2.24, 2.45) is 5.92 Å². The molecule has 0 aliphatic carbocycles. The molecule has 0 bridgehead atoms. The Balaban J connectivity index is 0.000000360. The summed E-state index contributed by atoms with van der Waals surface area (Å²) in [7, 11) is 0. The van der Waals surface area contributed by atoms with E-state index in [1.807, 2.05) is 54.6 Å². The summed E-state index contributed by atoms with van der Waals surface area (Å²) in [6.45, 7) is 0.114. The average molecular weight is 274 g/mol. The van der Waals surface area contributed by atoms with Gasteiger partial charge in [-0.15, -0.1) is 0 Å². The van der Waals surface area contributed by atoms with Crippen molar-refractivity contribution in [3.63, 3.8) is 0 Å². The van der Waals surface area contributed by atoms with Gasteiger partial charge in [0.25, 0.3) is 0 Å². The number of aliphatic hydroxyl groups excluding tert-OH is 2. The molecule has 2 nitrogen and oxygen atoms in total. The Kier molecular flexibility index (Phi) is 9.78. The Morgan fingerprint density at radius 2 is 1.47 bits per heavy atom. The maximum absolute atomic E-state index is 8.76. The molecule has 0 atom stereocenters. The average Bonchev–Trinajstić information content (AvgIpc) is 3.01. The first-order valence-electron chi connectivity index (χ1n) is 5.45. The fourth-order valence-electron chi connectivity index (χ4n) is 1.39. The molecule has 17 heavy (non-hydrogen) atoms. The van der Waals surface area contributed by atoms with E-state index >= 15 is 0 Å². The van der Waals surface area contributed by atoms with Crippen molar-refractivity contribution >= 4 is 0 Å². The predicted molar refractivity (Wildman–Crippen MR) is 65.4 cm³/mol. The molecule has 0 unspecified atom stereocenters. The van der Waals surface area contributed by atoms with Crippen molar-refractivity contribution in [1.82, 2.24) is 0 Å². The molecule has 0 aliphatic heterocycles. The summed E-state index contributed by atoms with van der Waals surface area (Å²) in [5, 5.41) is 17.5. The van der Waals surface area contributed by atoms with Gasteiger partial charge in [-0.2, -0.15) is 35.9 Å². The van der Waals surface area contributed by atoms with E-state index in [0.29, 0.717) is 0 Å². The molecule has 94 valence electrons. The van der Waals surface area contributed by atoms with E-state index in [9.17, 15) is 0 Å². The molecule has 0 saturated heterocycles. The van der Waals surface area contributed by atoms with E-state index in [0.717, 1.165) is 6.42 Å². The van der Waals surface area contributed by atoms with Crippen molar-refractivity contribution in [3.05, 3.63) is 60.2 Å². The van der Waals surface area contributed by atoms with Crippen LogP contribution in [-0.4, -0.2) is 23.4 Å². The molecule has 2 N–H and O–H groups in total. The second-order valence-electron chi connectivity index (χ2n) is 3.69. The van der Waals surface area contributed by atoms with Gasteiger partial charge in [-0.3, -0.25) is 0 Å². The molecule has 0 aromatic heterocycles. The largest absolute Gasteiger partial charge is 2.00 e. The van der Waals surface area contributed by atoms with Crippen molar-refractivity contribution in [2.45, 2.75) is 6.42 Å². The second-order valence-corrected chi connectivity index (χ2v) is 3.69.